The van der Waals surface area contributed by atoms with Gasteiger partial charge in [-0.15, -0.1) is 0 Å². The number of benzene rings is 2. The van der Waals surface area contributed by atoms with Crippen molar-refractivity contribution in [3.63, 3.8) is 0 Å². The van der Waals surface area contributed by atoms with Crippen LogP contribution < -0.4 is 15.0 Å². The summed E-state index contributed by atoms with van der Waals surface area (Å²) in [5.41, 5.74) is 2.50. The first-order valence-electron chi connectivity index (χ1n) is 9.33. The molecule has 7 nitrogen and oxygen atoms in total. The lowest BCUT2D eigenvalue weighted by atomic mass is 10.1. The Morgan fingerprint density at radius 3 is 2.50 bits per heavy atom. The minimum Gasteiger partial charge on any atom is -0.493 e. The van der Waals surface area contributed by atoms with E-state index in [-0.39, 0.29) is 5.56 Å². The topological polar surface area (TPSA) is 78.6 Å². The Labute approximate surface area is 173 Å². The van der Waals surface area contributed by atoms with Crippen molar-refractivity contribution in [2.45, 2.75) is 6.92 Å². The van der Waals surface area contributed by atoms with Crippen molar-refractivity contribution in [3.05, 3.63) is 82.4 Å². The van der Waals surface area contributed by atoms with Crippen LogP contribution in [0.5, 0.6) is 11.5 Å². The number of aromatic nitrogens is 3. The fourth-order valence-corrected chi connectivity index (χ4v) is 3.15. The van der Waals surface area contributed by atoms with Crippen LogP contribution in [-0.4, -0.2) is 35.1 Å². The van der Waals surface area contributed by atoms with Crippen molar-refractivity contribution in [3.8, 4) is 22.9 Å². The molecule has 0 bridgehead atoms. The van der Waals surface area contributed by atoms with E-state index in [0.29, 0.717) is 39.5 Å². The number of hydrogen-bond acceptors (Lipinski definition) is 6. The van der Waals surface area contributed by atoms with Gasteiger partial charge in [-0.25, -0.2) is 4.98 Å². The van der Waals surface area contributed by atoms with Gasteiger partial charge in [0.2, 0.25) is 0 Å². The van der Waals surface area contributed by atoms with Gasteiger partial charge < -0.3 is 9.47 Å². The van der Waals surface area contributed by atoms with E-state index in [4.69, 9.17) is 14.5 Å². The Morgan fingerprint density at radius 2 is 1.73 bits per heavy atom. The number of para-hydroxylation sites is 1. The molecule has 0 fully saturated rings. The number of pyridine rings is 1. The van der Waals surface area contributed by atoms with Gasteiger partial charge in [0, 0.05) is 11.3 Å². The Kier molecular flexibility index (Phi) is 5.26. The molecule has 0 saturated carbocycles. The van der Waals surface area contributed by atoms with Gasteiger partial charge in [0.05, 0.1) is 37.0 Å². The maximum atomic E-state index is 13.2. The Hall–Kier alpha value is -4.00. The molecule has 0 spiro atoms. The molecule has 0 unspecified atom stereocenters. The first-order chi connectivity index (χ1) is 14.6. The van der Waals surface area contributed by atoms with Crippen LogP contribution >= 0.6 is 0 Å². The van der Waals surface area contributed by atoms with Crippen LogP contribution in [0.25, 0.3) is 22.3 Å². The smallest absolute Gasteiger partial charge is 0.282 e. The molecule has 4 rings (SSSR count). The van der Waals surface area contributed by atoms with Gasteiger partial charge in [0.25, 0.3) is 5.56 Å². The lowest BCUT2D eigenvalue weighted by molar-refractivity contribution is 0.355. The molecule has 2 heterocycles. The maximum Gasteiger partial charge on any atom is 0.282 e. The molecule has 7 heteroatoms. The SMILES string of the molecule is COc1ccc(-c2nc3ccccc3c(=O)n2N=Cc2cccc(C)n2)cc1OC. The molecule has 30 heavy (non-hydrogen) atoms. The van der Waals surface area contributed by atoms with Gasteiger partial charge in [0.1, 0.15) is 0 Å². The molecule has 0 aliphatic heterocycles. The van der Waals surface area contributed by atoms with E-state index in [0.717, 1.165) is 5.69 Å². The van der Waals surface area contributed by atoms with Crippen LogP contribution in [0.3, 0.4) is 0 Å². The minimum atomic E-state index is -0.269. The van der Waals surface area contributed by atoms with Crippen molar-refractivity contribution in [1.82, 2.24) is 14.6 Å². The summed E-state index contributed by atoms with van der Waals surface area (Å²) in [5, 5.41) is 4.91. The fourth-order valence-electron chi connectivity index (χ4n) is 3.15. The van der Waals surface area contributed by atoms with Crippen LogP contribution in [0, 0.1) is 6.92 Å². The van der Waals surface area contributed by atoms with E-state index in [2.05, 4.69) is 10.1 Å². The predicted octanol–water partition coefficient (Wildman–Crippen LogP) is 3.67. The summed E-state index contributed by atoms with van der Waals surface area (Å²) in [7, 11) is 3.13. The van der Waals surface area contributed by atoms with E-state index < -0.39 is 0 Å². The van der Waals surface area contributed by atoms with Crippen molar-refractivity contribution >= 4 is 17.1 Å². The van der Waals surface area contributed by atoms with Gasteiger partial charge in [-0.3, -0.25) is 9.78 Å². The van der Waals surface area contributed by atoms with Crippen molar-refractivity contribution in [2.24, 2.45) is 5.10 Å². The standard InChI is InChI=1S/C23H20N4O3/c1-15-7-6-8-17(25-15)14-24-27-22(16-11-12-20(29-2)21(13-16)30-3)26-19-10-5-4-9-18(19)23(27)28/h4-14H,1-3H3. The summed E-state index contributed by atoms with van der Waals surface area (Å²) in [5.74, 6) is 1.51. The van der Waals surface area contributed by atoms with E-state index in [9.17, 15) is 4.79 Å². The Bertz CT molecular complexity index is 1310. The second-order valence-corrected chi connectivity index (χ2v) is 6.59. The number of ether oxygens (including phenoxy) is 2. The number of hydrogen-bond donors (Lipinski definition) is 0. The van der Waals surface area contributed by atoms with Crippen molar-refractivity contribution in [1.29, 1.82) is 0 Å². The quantitative estimate of drug-likeness (QED) is 0.478. The van der Waals surface area contributed by atoms with Gasteiger partial charge in [-0.2, -0.15) is 9.78 Å². The number of aryl methyl sites for hydroxylation is 1. The third kappa shape index (κ3) is 3.65. The number of rotatable bonds is 5. The molecule has 0 radical (unpaired) electrons. The van der Waals surface area contributed by atoms with Crippen LogP contribution in [0.1, 0.15) is 11.4 Å². The molecule has 4 aromatic rings. The minimum absolute atomic E-state index is 0.269. The van der Waals surface area contributed by atoms with Gasteiger partial charge in [-0.1, -0.05) is 18.2 Å². The molecule has 0 atom stereocenters. The largest absolute Gasteiger partial charge is 0.493 e. The van der Waals surface area contributed by atoms with Crippen LogP contribution in [0.15, 0.2) is 70.6 Å². The highest BCUT2D eigenvalue weighted by Gasteiger charge is 2.14. The third-order valence-corrected chi connectivity index (χ3v) is 4.61. The van der Waals surface area contributed by atoms with Crippen LogP contribution in [0.2, 0.25) is 0 Å². The summed E-state index contributed by atoms with van der Waals surface area (Å²) in [6, 6.07) is 18.2. The average molecular weight is 400 g/mol. The molecule has 150 valence electrons. The molecule has 0 saturated heterocycles. The fraction of sp³-hybridized carbons (Fsp3) is 0.130. The van der Waals surface area contributed by atoms with Gasteiger partial charge in [-0.05, 0) is 49.4 Å². The summed E-state index contributed by atoms with van der Waals surface area (Å²) in [6.07, 6.45) is 1.55. The summed E-state index contributed by atoms with van der Waals surface area (Å²) < 4.78 is 12.0. The Balaban J connectivity index is 1.94. The first-order valence-corrected chi connectivity index (χ1v) is 9.33. The highest BCUT2D eigenvalue weighted by atomic mass is 16.5. The summed E-state index contributed by atoms with van der Waals surface area (Å²) in [6.45, 7) is 1.90. The zero-order valence-electron chi connectivity index (χ0n) is 16.9. The maximum absolute atomic E-state index is 13.2. The molecule has 0 N–H and O–H groups in total. The predicted molar refractivity (Wildman–Crippen MR) is 117 cm³/mol. The van der Waals surface area contributed by atoms with Crippen LogP contribution in [0.4, 0.5) is 0 Å². The van der Waals surface area contributed by atoms with Crippen LogP contribution in [-0.2, 0) is 0 Å². The lowest BCUT2D eigenvalue weighted by Crippen LogP contribution is -2.20. The molecule has 2 aromatic heterocycles. The molecule has 0 aliphatic rings. The number of nitrogens with zero attached hydrogens (tertiary/aromatic N) is 4. The molecule has 0 aliphatic carbocycles. The van der Waals surface area contributed by atoms with E-state index in [1.54, 1.807) is 50.8 Å². The zero-order chi connectivity index (χ0) is 21.1. The summed E-state index contributed by atoms with van der Waals surface area (Å²) in [4.78, 5) is 22.3. The lowest BCUT2D eigenvalue weighted by Gasteiger charge is -2.12. The Morgan fingerprint density at radius 1 is 0.933 bits per heavy atom. The second-order valence-electron chi connectivity index (χ2n) is 6.59. The monoisotopic (exact) mass is 400 g/mol. The molecule has 0 amide bonds. The van der Waals surface area contributed by atoms with Crippen molar-refractivity contribution in [2.75, 3.05) is 14.2 Å². The highest BCUT2D eigenvalue weighted by molar-refractivity contribution is 5.81. The van der Waals surface area contributed by atoms with Crippen molar-refractivity contribution < 1.29 is 9.47 Å². The summed E-state index contributed by atoms with van der Waals surface area (Å²) >= 11 is 0. The molecular formula is C23H20N4O3. The number of methoxy groups -OCH3 is 2. The van der Waals surface area contributed by atoms with Gasteiger partial charge >= 0.3 is 0 Å². The number of fused-ring (bicyclic) bond motifs is 1. The average Bonchev–Trinajstić information content (AvgIpc) is 2.78. The van der Waals surface area contributed by atoms with E-state index >= 15 is 0 Å². The van der Waals surface area contributed by atoms with Gasteiger partial charge in [0.15, 0.2) is 17.3 Å². The van der Waals surface area contributed by atoms with E-state index in [1.165, 1.54) is 4.68 Å². The molecular weight excluding hydrogens is 380 g/mol. The zero-order valence-corrected chi connectivity index (χ0v) is 16.9. The first kappa shape index (κ1) is 19.3. The molecule has 2 aromatic carbocycles. The normalized spacial score (nSPS) is 11.2. The second kappa shape index (κ2) is 8.16. The third-order valence-electron chi connectivity index (χ3n) is 4.61. The van der Waals surface area contributed by atoms with E-state index in [1.807, 2.05) is 37.3 Å². The highest BCUT2D eigenvalue weighted by Crippen LogP contribution is 2.31.